The Hall–Kier alpha value is -2.80. The summed E-state index contributed by atoms with van der Waals surface area (Å²) in [6.45, 7) is -0.529. The number of rotatable bonds is 6. The number of hydrogen-bond donors (Lipinski definition) is 6. The van der Waals surface area contributed by atoms with Gasteiger partial charge in [-0.15, -0.1) is 0 Å². The number of phenols is 1. The van der Waals surface area contributed by atoms with Gasteiger partial charge in [0.2, 0.25) is 6.29 Å². The van der Waals surface area contributed by atoms with Gasteiger partial charge in [-0.3, -0.25) is 4.79 Å². The number of carbonyl (C=O) groups excluding carboxylic acids is 2. The van der Waals surface area contributed by atoms with Crippen LogP contribution in [-0.2, 0) is 19.1 Å². The van der Waals surface area contributed by atoms with Crippen LogP contribution in [0.25, 0.3) is 0 Å². The first-order valence-corrected chi connectivity index (χ1v) is 9.73. The molecule has 1 aliphatic carbocycles. The quantitative estimate of drug-likeness (QED) is 0.214. The normalized spacial score (nSPS) is 35.1. The summed E-state index contributed by atoms with van der Waals surface area (Å²) in [5.74, 6) is -1.13. The molecule has 3 rings (SSSR count). The van der Waals surface area contributed by atoms with Crippen molar-refractivity contribution in [3.63, 3.8) is 0 Å². The van der Waals surface area contributed by atoms with Crippen molar-refractivity contribution >= 4 is 11.8 Å². The topological polar surface area (TPSA) is 183 Å². The third kappa shape index (κ3) is 5.51. The molecule has 0 bridgehead atoms. The van der Waals surface area contributed by atoms with Crippen LogP contribution in [0.2, 0.25) is 0 Å². The van der Waals surface area contributed by atoms with Gasteiger partial charge >= 0.3 is 5.97 Å². The number of carbonyl (C=O) groups is 2. The Bertz CT molecular complexity index is 880. The molecule has 6 N–H and O–H groups in total. The van der Waals surface area contributed by atoms with Gasteiger partial charge < -0.3 is 44.8 Å². The molecule has 0 spiro atoms. The van der Waals surface area contributed by atoms with Crippen molar-refractivity contribution in [1.82, 2.24) is 0 Å². The maximum absolute atomic E-state index is 12.0. The number of aromatic hydroxyl groups is 1. The van der Waals surface area contributed by atoms with Gasteiger partial charge in [-0.2, -0.15) is 0 Å². The highest BCUT2D eigenvalue weighted by molar-refractivity contribution is 5.91. The van der Waals surface area contributed by atoms with E-state index in [1.165, 1.54) is 24.3 Å². The first-order chi connectivity index (χ1) is 15.1. The van der Waals surface area contributed by atoms with Gasteiger partial charge in [0.25, 0.3) is 0 Å². The van der Waals surface area contributed by atoms with Gasteiger partial charge in [0, 0.05) is 12.5 Å². The minimum atomic E-state index is -1.92. The summed E-state index contributed by atoms with van der Waals surface area (Å²) in [6, 6.07) is 5.47. The average molecular weight is 452 g/mol. The standard InChI is InChI=1S/C21H24O11/c22-11-1-3-13(4-2-11)31-20-19(28)18(27)17(26)14(32-20)10-30-16(25)6-8-21(29)7-5-12(23)9-15(21)24/h1-8,14-15,17-20,22,24,26-29H,9-10H2/b8-6+/t14-,15+,17-,18+,19-,20-,21+/m1/s1. The second-order valence-corrected chi connectivity index (χ2v) is 7.50. The number of phenolic OH excluding ortho intramolecular Hbond substituents is 1. The van der Waals surface area contributed by atoms with Gasteiger partial charge in [-0.1, -0.05) is 0 Å². The molecule has 1 aromatic carbocycles. The number of ether oxygens (including phenoxy) is 3. The van der Waals surface area contributed by atoms with Crippen molar-refractivity contribution in [2.75, 3.05) is 6.61 Å². The van der Waals surface area contributed by atoms with Crippen LogP contribution in [0.4, 0.5) is 0 Å². The Morgan fingerprint density at radius 3 is 2.47 bits per heavy atom. The van der Waals surface area contributed by atoms with E-state index in [1.807, 2.05) is 0 Å². The minimum absolute atomic E-state index is 0.0109. The highest BCUT2D eigenvalue weighted by Crippen LogP contribution is 2.26. The van der Waals surface area contributed by atoms with E-state index in [4.69, 9.17) is 14.2 Å². The number of ketones is 1. The molecule has 0 unspecified atom stereocenters. The first kappa shape index (κ1) is 23.9. The van der Waals surface area contributed by atoms with Gasteiger partial charge in [-0.05, 0) is 42.5 Å². The molecule has 1 aliphatic heterocycles. The Kier molecular flexibility index (Phi) is 7.29. The lowest BCUT2D eigenvalue weighted by molar-refractivity contribution is -0.278. The molecule has 32 heavy (non-hydrogen) atoms. The van der Waals surface area contributed by atoms with Crippen molar-refractivity contribution in [3.05, 3.63) is 48.6 Å². The fraction of sp³-hybridized carbons (Fsp3) is 0.429. The largest absolute Gasteiger partial charge is 0.508 e. The fourth-order valence-electron chi connectivity index (χ4n) is 3.15. The van der Waals surface area contributed by atoms with E-state index in [0.717, 1.165) is 24.3 Å². The fourth-order valence-corrected chi connectivity index (χ4v) is 3.15. The van der Waals surface area contributed by atoms with Crippen LogP contribution in [0.15, 0.2) is 48.6 Å². The molecule has 7 atom stereocenters. The van der Waals surface area contributed by atoms with E-state index in [0.29, 0.717) is 0 Å². The van der Waals surface area contributed by atoms with Gasteiger partial charge in [0.05, 0.1) is 6.10 Å². The minimum Gasteiger partial charge on any atom is -0.508 e. The summed E-state index contributed by atoms with van der Waals surface area (Å²) >= 11 is 0. The van der Waals surface area contributed by atoms with E-state index < -0.39 is 55.0 Å². The van der Waals surface area contributed by atoms with E-state index in [1.54, 1.807) is 0 Å². The van der Waals surface area contributed by atoms with Crippen LogP contribution < -0.4 is 4.74 Å². The average Bonchev–Trinajstić information content (AvgIpc) is 2.76. The molecule has 1 saturated heterocycles. The van der Waals surface area contributed by atoms with E-state index in [2.05, 4.69) is 0 Å². The Labute approximate surface area is 182 Å². The lowest BCUT2D eigenvalue weighted by Crippen LogP contribution is -2.60. The van der Waals surface area contributed by atoms with Gasteiger partial charge in [-0.25, -0.2) is 4.79 Å². The van der Waals surface area contributed by atoms with Gasteiger partial charge in [0.1, 0.15) is 48.1 Å². The van der Waals surface area contributed by atoms with Crippen molar-refractivity contribution in [1.29, 1.82) is 0 Å². The van der Waals surface area contributed by atoms with Crippen LogP contribution in [0.1, 0.15) is 6.42 Å². The maximum Gasteiger partial charge on any atom is 0.330 e. The highest BCUT2D eigenvalue weighted by atomic mass is 16.7. The summed E-state index contributed by atoms with van der Waals surface area (Å²) in [6.07, 6.45) is -5.30. The molecule has 0 aromatic heterocycles. The third-order valence-corrected chi connectivity index (χ3v) is 5.10. The Balaban J connectivity index is 1.59. The van der Waals surface area contributed by atoms with Crippen molar-refractivity contribution < 1.29 is 54.4 Å². The Morgan fingerprint density at radius 2 is 1.81 bits per heavy atom. The van der Waals surface area contributed by atoms with Crippen LogP contribution >= 0.6 is 0 Å². The molecule has 0 radical (unpaired) electrons. The number of aliphatic hydroxyl groups is 5. The van der Waals surface area contributed by atoms with Gasteiger partial charge in [0.15, 0.2) is 5.78 Å². The monoisotopic (exact) mass is 452 g/mol. The lowest BCUT2D eigenvalue weighted by Gasteiger charge is -2.39. The number of benzene rings is 1. The Morgan fingerprint density at radius 1 is 1.12 bits per heavy atom. The molecule has 1 heterocycles. The number of allylic oxidation sites excluding steroid dienone is 1. The molecule has 11 nitrogen and oxygen atoms in total. The molecule has 11 heteroatoms. The van der Waals surface area contributed by atoms with Crippen molar-refractivity contribution in [2.45, 2.75) is 48.8 Å². The molecular weight excluding hydrogens is 428 g/mol. The van der Waals surface area contributed by atoms with E-state index >= 15 is 0 Å². The summed E-state index contributed by atoms with van der Waals surface area (Å²) in [7, 11) is 0. The van der Waals surface area contributed by atoms with E-state index in [-0.39, 0.29) is 23.7 Å². The smallest absolute Gasteiger partial charge is 0.330 e. The van der Waals surface area contributed by atoms with Crippen LogP contribution in [0.3, 0.4) is 0 Å². The summed E-state index contributed by atoms with van der Waals surface area (Å²) in [5, 5.41) is 59.8. The van der Waals surface area contributed by atoms with Crippen molar-refractivity contribution in [2.24, 2.45) is 0 Å². The molecule has 2 aliphatic rings. The van der Waals surface area contributed by atoms with E-state index in [9.17, 15) is 40.2 Å². The zero-order valence-corrected chi connectivity index (χ0v) is 16.7. The highest BCUT2D eigenvalue weighted by Gasteiger charge is 2.45. The molecule has 174 valence electrons. The lowest BCUT2D eigenvalue weighted by atomic mass is 9.87. The third-order valence-electron chi connectivity index (χ3n) is 5.10. The molecule has 1 fully saturated rings. The first-order valence-electron chi connectivity index (χ1n) is 9.73. The zero-order chi connectivity index (χ0) is 23.5. The number of hydrogen-bond acceptors (Lipinski definition) is 11. The molecule has 1 aromatic rings. The second-order valence-electron chi connectivity index (χ2n) is 7.50. The predicted octanol–water partition coefficient (Wildman–Crippen LogP) is -1.70. The van der Waals surface area contributed by atoms with Crippen LogP contribution in [0, 0.1) is 0 Å². The molecule has 0 amide bonds. The SMILES string of the molecule is O=C1C=C[C@](O)(/C=C/C(=O)OC[C@H]2O[C@@H](Oc3ccc(O)cc3)[C@H](O)[C@@H](O)[C@@H]2O)[C@@H](O)C1. The van der Waals surface area contributed by atoms with Crippen LogP contribution in [0.5, 0.6) is 11.5 Å². The molecule has 0 saturated carbocycles. The maximum atomic E-state index is 12.0. The summed E-state index contributed by atoms with van der Waals surface area (Å²) in [5.41, 5.74) is -1.92. The predicted molar refractivity (Wildman–Crippen MR) is 105 cm³/mol. The summed E-state index contributed by atoms with van der Waals surface area (Å²) in [4.78, 5) is 23.2. The van der Waals surface area contributed by atoms with Crippen LogP contribution in [-0.4, -0.2) is 91.4 Å². The number of esters is 1. The summed E-state index contributed by atoms with van der Waals surface area (Å²) < 4.78 is 15.8. The zero-order valence-electron chi connectivity index (χ0n) is 16.7. The molecular formula is C21H24O11. The number of aliphatic hydroxyl groups excluding tert-OH is 4. The van der Waals surface area contributed by atoms with Crippen molar-refractivity contribution in [3.8, 4) is 11.5 Å². The second kappa shape index (κ2) is 9.77.